The largest absolute Gasteiger partial charge is 0.384 e. The van der Waals surface area contributed by atoms with Gasteiger partial charge in [0.2, 0.25) is 0 Å². The molecule has 3 heterocycles. The van der Waals surface area contributed by atoms with E-state index in [9.17, 15) is 0 Å². The van der Waals surface area contributed by atoms with Gasteiger partial charge in [0, 0.05) is 49.4 Å². The number of hydrogen-bond donors (Lipinski definition) is 1. The Morgan fingerprint density at radius 3 is 2.36 bits per heavy atom. The Morgan fingerprint density at radius 1 is 0.818 bits per heavy atom. The van der Waals surface area contributed by atoms with Crippen LogP contribution in [0.15, 0.2) is 61.1 Å². The number of nitrogen functional groups attached to an aromatic ring is 1. The summed E-state index contributed by atoms with van der Waals surface area (Å²) in [5.41, 5.74) is 10.7. The van der Waals surface area contributed by atoms with Crippen LogP contribution in [0.25, 0.3) is 33.3 Å². The summed E-state index contributed by atoms with van der Waals surface area (Å²) in [7, 11) is 0. The first kappa shape index (κ1) is 20.1. The first-order valence-electron chi connectivity index (χ1n) is 11.4. The summed E-state index contributed by atoms with van der Waals surface area (Å²) in [5, 5.41) is 0.871. The van der Waals surface area contributed by atoms with Gasteiger partial charge in [-0.15, -0.1) is 0 Å². The van der Waals surface area contributed by atoms with Crippen LogP contribution in [-0.4, -0.2) is 52.1 Å². The van der Waals surface area contributed by atoms with E-state index < -0.39 is 0 Å². The van der Waals surface area contributed by atoms with E-state index in [0.717, 1.165) is 59.8 Å². The maximum absolute atomic E-state index is 15.3. The van der Waals surface area contributed by atoms with Crippen molar-refractivity contribution in [2.75, 3.05) is 36.8 Å². The van der Waals surface area contributed by atoms with Crippen LogP contribution in [0.4, 0.5) is 15.9 Å². The highest BCUT2D eigenvalue weighted by molar-refractivity contribution is 5.95. The van der Waals surface area contributed by atoms with E-state index in [2.05, 4.69) is 24.8 Å². The number of hydrogen-bond acceptors (Lipinski definition) is 6. The predicted molar refractivity (Wildman–Crippen MR) is 129 cm³/mol. The quantitative estimate of drug-likeness (QED) is 0.508. The van der Waals surface area contributed by atoms with Gasteiger partial charge in [-0.3, -0.25) is 4.90 Å². The minimum absolute atomic E-state index is 0.211. The maximum Gasteiger partial charge on any atom is 0.147 e. The Bertz CT molecular complexity index is 1330. The molecule has 0 bridgehead atoms. The van der Waals surface area contributed by atoms with Crippen molar-refractivity contribution in [1.29, 1.82) is 0 Å². The highest BCUT2D eigenvalue weighted by atomic mass is 19.1. The molecule has 166 valence electrons. The molecule has 1 aliphatic carbocycles. The summed E-state index contributed by atoms with van der Waals surface area (Å²) in [5.74, 6) is 0.255. The van der Waals surface area contributed by atoms with Crippen molar-refractivity contribution in [3.63, 3.8) is 0 Å². The average molecular weight is 441 g/mol. The number of anilines is 2. The lowest BCUT2D eigenvalue weighted by atomic mass is 10.0. The molecule has 0 atom stereocenters. The second kappa shape index (κ2) is 8.08. The maximum atomic E-state index is 15.3. The molecule has 7 heteroatoms. The van der Waals surface area contributed by atoms with E-state index in [0.29, 0.717) is 17.2 Å². The van der Waals surface area contributed by atoms with Crippen molar-refractivity contribution in [3.8, 4) is 22.4 Å². The fraction of sp³-hybridized carbons (Fsp3) is 0.269. The van der Waals surface area contributed by atoms with E-state index in [1.807, 2.05) is 42.5 Å². The van der Waals surface area contributed by atoms with E-state index in [1.165, 1.54) is 19.2 Å². The van der Waals surface area contributed by atoms with E-state index in [4.69, 9.17) is 5.73 Å². The zero-order valence-electron chi connectivity index (χ0n) is 18.3. The molecule has 6 nitrogen and oxygen atoms in total. The Balaban J connectivity index is 1.33. The molecule has 2 N–H and O–H groups in total. The zero-order valence-corrected chi connectivity index (χ0v) is 18.3. The minimum atomic E-state index is -0.211. The first-order valence-corrected chi connectivity index (χ1v) is 11.4. The van der Waals surface area contributed by atoms with Gasteiger partial charge in [0.05, 0.1) is 16.9 Å². The topological polar surface area (TPSA) is 71.2 Å². The second-order valence-electron chi connectivity index (χ2n) is 8.84. The Kier molecular flexibility index (Phi) is 4.91. The van der Waals surface area contributed by atoms with E-state index in [-0.39, 0.29) is 5.82 Å². The summed E-state index contributed by atoms with van der Waals surface area (Å²) in [6, 6.07) is 15.9. The van der Waals surface area contributed by atoms with Gasteiger partial charge in [0.1, 0.15) is 18.0 Å². The molecule has 6 rings (SSSR count). The third-order valence-electron chi connectivity index (χ3n) is 6.69. The van der Waals surface area contributed by atoms with E-state index >= 15 is 4.39 Å². The number of nitrogens with zero attached hydrogens (tertiary/aromatic N) is 5. The molecule has 4 aromatic rings. The highest BCUT2D eigenvalue weighted by Gasteiger charge is 2.31. The molecule has 33 heavy (non-hydrogen) atoms. The van der Waals surface area contributed by atoms with Crippen LogP contribution in [0.5, 0.6) is 0 Å². The standard InChI is InChI=1S/C26H25FN6/c27-22-14-19(2-6-24(22)33-11-9-32(10-12-33)20-3-4-20)26-21-13-17(1-5-23(21)30-16-31-26)18-7-8-29-25(28)15-18/h1-2,5-8,13-16,20H,3-4,9-12H2,(H2,28,29). The third-order valence-corrected chi connectivity index (χ3v) is 6.69. The molecule has 1 aliphatic heterocycles. The molecule has 0 spiro atoms. The summed E-state index contributed by atoms with van der Waals surface area (Å²) in [4.78, 5) is 17.7. The number of benzene rings is 2. The zero-order chi connectivity index (χ0) is 22.4. The smallest absolute Gasteiger partial charge is 0.147 e. The van der Waals surface area contributed by atoms with Gasteiger partial charge in [-0.25, -0.2) is 19.3 Å². The van der Waals surface area contributed by atoms with Crippen molar-refractivity contribution in [1.82, 2.24) is 19.9 Å². The lowest BCUT2D eigenvalue weighted by Gasteiger charge is -2.36. The molecular weight excluding hydrogens is 415 g/mol. The molecule has 0 radical (unpaired) electrons. The third kappa shape index (κ3) is 3.89. The van der Waals surface area contributed by atoms with Crippen LogP contribution in [0.2, 0.25) is 0 Å². The number of nitrogens with two attached hydrogens (primary N) is 1. The first-order chi connectivity index (χ1) is 16.2. The monoisotopic (exact) mass is 440 g/mol. The average Bonchev–Trinajstić information content (AvgIpc) is 3.69. The molecule has 0 unspecified atom stereocenters. The molecular formula is C26H25FN6. The van der Waals surface area contributed by atoms with Gasteiger partial charge in [-0.1, -0.05) is 12.1 Å². The summed E-state index contributed by atoms with van der Waals surface area (Å²) in [6.45, 7) is 3.73. The molecule has 2 aromatic carbocycles. The summed E-state index contributed by atoms with van der Waals surface area (Å²) < 4.78 is 15.3. The lowest BCUT2D eigenvalue weighted by molar-refractivity contribution is 0.247. The molecule has 2 fully saturated rings. The fourth-order valence-corrected chi connectivity index (χ4v) is 4.77. The van der Waals surface area contributed by atoms with Gasteiger partial charge < -0.3 is 10.6 Å². The number of halogens is 1. The van der Waals surface area contributed by atoms with Gasteiger partial charge in [0.25, 0.3) is 0 Å². The van der Waals surface area contributed by atoms with Crippen molar-refractivity contribution in [2.24, 2.45) is 0 Å². The number of pyridine rings is 1. The SMILES string of the molecule is Nc1cc(-c2ccc3ncnc(-c4ccc(N5CCN(C6CC6)CC5)c(F)c4)c3c2)ccn1. The van der Waals surface area contributed by atoms with Crippen LogP contribution < -0.4 is 10.6 Å². The molecule has 1 saturated heterocycles. The van der Waals surface area contributed by atoms with Crippen molar-refractivity contribution >= 4 is 22.4 Å². The Hall–Kier alpha value is -3.58. The Morgan fingerprint density at radius 2 is 1.61 bits per heavy atom. The van der Waals surface area contributed by atoms with Crippen molar-refractivity contribution < 1.29 is 4.39 Å². The fourth-order valence-electron chi connectivity index (χ4n) is 4.77. The summed E-state index contributed by atoms with van der Waals surface area (Å²) in [6.07, 6.45) is 5.85. The Labute approximate surface area is 191 Å². The second-order valence-corrected chi connectivity index (χ2v) is 8.84. The normalized spacial score (nSPS) is 16.9. The number of piperazine rings is 1. The van der Waals surface area contributed by atoms with Crippen LogP contribution in [0, 0.1) is 5.82 Å². The lowest BCUT2D eigenvalue weighted by Crippen LogP contribution is -2.47. The minimum Gasteiger partial charge on any atom is -0.384 e. The molecule has 2 aromatic heterocycles. The number of fused-ring (bicyclic) bond motifs is 1. The van der Waals surface area contributed by atoms with Crippen LogP contribution >= 0.6 is 0 Å². The van der Waals surface area contributed by atoms with Gasteiger partial charge in [-0.2, -0.15) is 0 Å². The van der Waals surface area contributed by atoms with Crippen molar-refractivity contribution in [3.05, 3.63) is 66.9 Å². The summed E-state index contributed by atoms with van der Waals surface area (Å²) >= 11 is 0. The predicted octanol–water partition coefficient (Wildman–Crippen LogP) is 4.36. The number of aromatic nitrogens is 3. The van der Waals surface area contributed by atoms with E-state index in [1.54, 1.807) is 12.3 Å². The van der Waals surface area contributed by atoms with Crippen LogP contribution in [0.1, 0.15) is 12.8 Å². The van der Waals surface area contributed by atoms with Gasteiger partial charge >= 0.3 is 0 Å². The van der Waals surface area contributed by atoms with Gasteiger partial charge in [-0.05, 0) is 60.4 Å². The molecule has 0 amide bonds. The van der Waals surface area contributed by atoms with Gasteiger partial charge in [0.15, 0.2) is 0 Å². The van der Waals surface area contributed by atoms with Crippen LogP contribution in [-0.2, 0) is 0 Å². The highest BCUT2D eigenvalue weighted by Crippen LogP contribution is 2.33. The molecule has 1 saturated carbocycles. The van der Waals surface area contributed by atoms with Crippen LogP contribution in [0.3, 0.4) is 0 Å². The molecule has 2 aliphatic rings. The number of rotatable bonds is 4. The van der Waals surface area contributed by atoms with Crippen molar-refractivity contribution in [2.45, 2.75) is 18.9 Å².